The second-order valence-electron chi connectivity index (χ2n) is 4.08. The number of nitrogens with two attached hydrogens (primary N) is 1. The predicted octanol–water partition coefficient (Wildman–Crippen LogP) is 1.27. The van der Waals surface area contributed by atoms with E-state index in [1.54, 1.807) is 19.1 Å². The fraction of sp³-hybridized carbons (Fsp3) is 0.231. The van der Waals surface area contributed by atoms with E-state index in [9.17, 15) is 9.18 Å². The molecule has 0 aliphatic carbocycles. The quantitative estimate of drug-likeness (QED) is 0.857. The molecule has 4 nitrogen and oxygen atoms in total. The number of nitrogens with one attached hydrogen (secondary N) is 1. The van der Waals surface area contributed by atoms with Crippen molar-refractivity contribution >= 4 is 0 Å². The summed E-state index contributed by atoms with van der Waals surface area (Å²) in [6.07, 6.45) is 0.460. The highest BCUT2D eigenvalue weighted by molar-refractivity contribution is 5.22. The average molecular weight is 247 g/mol. The molecule has 5 heteroatoms. The number of hydrogen-bond acceptors (Lipinski definition) is 3. The largest absolute Gasteiger partial charge is 0.326 e. The maximum atomic E-state index is 12.8. The Balaban J connectivity index is 2.30. The number of rotatable bonds is 3. The summed E-state index contributed by atoms with van der Waals surface area (Å²) >= 11 is 0. The minimum absolute atomic E-state index is 0.172. The van der Waals surface area contributed by atoms with Crippen LogP contribution in [0.3, 0.4) is 0 Å². The number of benzene rings is 1. The zero-order chi connectivity index (χ0) is 13.1. The first-order valence-corrected chi connectivity index (χ1v) is 5.63. The van der Waals surface area contributed by atoms with Crippen LogP contribution in [0.2, 0.25) is 0 Å². The Kier molecular flexibility index (Phi) is 3.53. The van der Waals surface area contributed by atoms with Gasteiger partial charge in [-0.25, -0.2) is 9.37 Å². The van der Waals surface area contributed by atoms with Gasteiger partial charge in [-0.2, -0.15) is 0 Å². The number of aryl methyl sites for hydroxylation is 1. The van der Waals surface area contributed by atoms with Crippen molar-refractivity contribution < 1.29 is 4.39 Å². The van der Waals surface area contributed by atoms with Crippen molar-refractivity contribution in [2.24, 2.45) is 5.73 Å². The molecule has 0 aliphatic heterocycles. The maximum absolute atomic E-state index is 12.8. The first kappa shape index (κ1) is 12.4. The van der Waals surface area contributed by atoms with Gasteiger partial charge in [0.25, 0.3) is 5.56 Å². The van der Waals surface area contributed by atoms with Gasteiger partial charge in [0.2, 0.25) is 0 Å². The molecule has 0 amide bonds. The van der Waals surface area contributed by atoms with E-state index in [1.165, 1.54) is 12.1 Å². The van der Waals surface area contributed by atoms with Crippen molar-refractivity contribution in [3.63, 3.8) is 0 Å². The van der Waals surface area contributed by atoms with Crippen molar-refractivity contribution in [2.45, 2.75) is 19.9 Å². The molecule has 2 rings (SSSR count). The number of aromatic nitrogens is 2. The third-order valence-electron chi connectivity index (χ3n) is 2.76. The summed E-state index contributed by atoms with van der Waals surface area (Å²) < 4.78 is 12.8. The summed E-state index contributed by atoms with van der Waals surface area (Å²) in [5, 5.41) is 0. The molecular formula is C13H14FN3O. The summed E-state index contributed by atoms with van der Waals surface area (Å²) in [5.41, 5.74) is 7.29. The van der Waals surface area contributed by atoms with E-state index in [-0.39, 0.29) is 17.9 Å². The lowest BCUT2D eigenvalue weighted by atomic mass is 10.1. The number of hydrogen-bond donors (Lipinski definition) is 2. The third kappa shape index (κ3) is 2.62. The molecule has 0 saturated heterocycles. The van der Waals surface area contributed by atoms with Gasteiger partial charge in [0.15, 0.2) is 0 Å². The second-order valence-corrected chi connectivity index (χ2v) is 4.08. The van der Waals surface area contributed by atoms with Crippen molar-refractivity contribution in [1.29, 1.82) is 0 Å². The Bertz CT molecular complexity index is 605. The highest BCUT2D eigenvalue weighted by Gasteiger charge is 2.07. The fourth-order valence-corrected chi connectivity index (χ4v) is 1.79. The van der Waals surface area contributed by atoms with E-state index in [1.807, 2.05) is 0 Å². The van der Waals surface area contributed by atoms with E-state index < -0.39 is 0 Å². The van der Waals surface area contributed by atoms with E-state index in [0.717, 1.165) is 5.56 Å². The van der Waals surface area contributed by atoms with Crippen molar-refractivity contribution in [2.75, 3.05) is 0 Å². The van der Waals surface area contributed by atoms with Gasteiger partial charge >= 0.3 is 0 Å². The minimum atomic E-state index is -0.283. The number of nitrogens with zero attached hydrogens (tertiary/aromatic N) is 1. The van der Waals surface area contributed by atoms with Crippen LogP contribution in [-0.2, 0) is 13.0 Å². The summed E-state index contributed by atoms with van der Waals surface area (Å²) in [6.45, 7) is 1.93. The van der Waals surface area contributed by atoms with Crippen LogP contribution < -0.4 is 11.3 Å². The Morgan fingerprint density at radius 1 is 1.33 bits per heavy atom. The Labute approximate surface area is 104 Å². The number of aromatic amines is 1. The zero-order valence-corrected chi connectivity index (χ0v) is 10.0. The minimum Gasteiger partial charge on any atom is -0.326 e. The molecule has 0 bridgehead atoms. The molecule has 0 radical (unpaired) electrons. The molecule has 0 fully saturated rings. The first-order chi connectivity index (χ1) is 8.60. The van der Waals surface area contributed by atoms with Gasteiger partial charge in [-0.3, -0.25) is 4.79 Å². The maximum Gasteiger partial charge on any atom is 0.255 e. The standard InChI is InChI=1S/C13H14FN3O/c1-8-11(7-15)13(18)17-12(16-8)6-9-2-4-10(14)5-3-9/h2-5H,6-7,15H2,1H3,(H,16,17,18). The zero-order valence-electron chi connectivity index (χ0n) is 10.0. The summed E-state index contributed by atoms with van der Waals surface area (Å²) in [7, 11) is 0. The molecule has 1 heterocycles. The molecule has 1 aromatic carbocycles. The van der Waals surface area contributed by atoms with Crippen LogP contribution in [0, 0.1) is 12.7 Å². The van der Waals surface area contributed by atoms with Crippen molar-refractivity contribution in [3.05, 3.63) is 63.1 Å². The molecule has 3 N–H and O–H groups in total. The lowest BCUT2D eigenvalue weighted by molar-refractivity contribution is 0.627. The summed E-state index contributed by atoms with van der Waals surface area (Å²) in [6, 6.07) is 6.10. The Hall–Kier alpha value is -2.01. The lowest BCUT2D eigenvalue weighted by Gasteiger charge is -2.05. The van der Waals surface area contributed by atoms with Gasteiger partial charge in [0.1, 0.15) is 11.6 Å². The number of halogens is 1. The molecule has 94 valence electrons. The van der Waals surface area contributed by atoms with Gasteiger partial charge in [-0.1, -0.05) is 12.1 Å². The van der Waals surface area contributed by atoms with Gasteiger partial charge in [0.05, 0.1) is 5.56 Å². The third-order valence-corrected chi connectivity index (χ3v) is 2.76. The van der Waals surface area contributed by atoms with E-state index >= 15 is 0 Å². The number of H-pyrrole nitrogens is 1. The van der Waals surface area contributed by atoms with Gasteiger partial charge in [-0.05, 0) is 24.6 Å². The predicted molar refractivity (Wildman–Crippen MR) is 66.7 cm³/mol. The van der Waals surface area contributed by atoms with Crippen LogP contribution >= 0.6 is 0 Å². The van der Waals surface area contributed by atoms with E-state index in [4.69, 9.17) is 5.73 Å². The normalized spacial score (nSPS) is 10.6. The highest BCUT2D eigenvalue weighted by atomic mass is 19.1. The van der Waals surface area contributed by atoms with Gasteiger partial charge in [0, 0.05) is 18.7 Å². The molecular weight excluding hydrogens is 233 g/mol. The molecule has 0 spiro atoms. The van der Waals surface area contributed by atoms with Crippen LogP contribution in [0.1, 0.15) is 22.6 Å². The molecule has 0 aliphatic rings. The Morgan fingerprint density at radius 2 is 2.00 bits per heavy atom. The topological polar surface area (TPSA) is 71.8 Å². The summed E-state index contributed by atoms with van der Waals surface area (Å²) in [5.74, 6) is 0.274. The second kappa shape index (κ2) is 5.10. The smallest absolute Gasteiger partial charge is 0.255 e. The van der Waals surface area contributed by atoms with E-state index in [0.29, 0.717) is 23.5 Å². The summed E-state index contributed by atoms with van der Waals surface area (Å²) in [4.78, 5) is 18.7. The lowest BCUT2D eigenvalue weighted by Crippen LogP contribution is -2.21. The first-order valence-electron chi connectivity index (χ1n) is 5.63. The fourth-order valence-electron chi connectivity index (χ4n) is 1.79. The molecule has 18 heavy (non-hydrogen) atoms. The van der Waals surface area contributed by atoms with Crippen LogP contribution in [0.4, 0.5) is 4.39 Å². The Morgan fingerprint density at radius 3 is 2.56 bits per heavy atom. The molecule has 0 atom stereocenters. The average Bonchev–Trinajstić information content (AvgIpc) is 2.32. The monoisotopic (exact) mass is 247 g/mol. The van der Waals surface area contributed by atoms with Crippen LogP contribution in [-0.4, -0.2) is 9.97 Å². The molecule has 1 aromatic heterocycles. The highest BCUT2D eigenvalue weighted by Crippen LogP contribution is 2.07. The SMILES string of the molecule is Cc1nc(Cc2ccc(F)cc2)[nH]c(=O)c1CN. The van der Waals surface area contributed by atoms with Gasteiger partial charge < -0.3 is 10.7 Å². The van der Waals surface area contributed by atoms with Crippen LogP contribution in [0.15, 0.2) is 29.1 Å². The molecule has 2 aromatic rings. The van der Waals surface area contributed by atoms with Crippen LogP contribution in [0.25, 0.3) is 0 Å². The van der Waals surface area contributed by atoms with E-state index in [2.05, 4.69) is 9.97 Å². The molecule has 0 unspecified atom stereocenters. The van der Waals surface area contributed by atoms with Gasteiger partial charge in [-0.15, -0.1) is 0 Å². The molecule has 0 saturated carbocycles. The van der Waals surface area contributed by atoms with Crippen molar-refractivity contribution in [1.82, 2.24) is 9.97 Å². The van der Waals surface area contributed by atoms with Crippen molar-refractivity contribution in [3.8, 4) is 0 Å². The van der Waals surface area contributed by atoms with Crippen LogP contribution in [0.5, 0.6) is 0 Å².